The normalized spacial score (nSPS) is 17.6. The Morgan fingerprint density at radius 3 is 2.35 bits per heavy atom. The second kappa shape index (κ2) is 12.7. The van der Waals surface area contributed by atoms with Gasteiger partial charge in [-0.1, -0.05) is 30.3 Å². The minimum absolute atomic E-state index is 0.00101. The number of sulfone groups is 1. The number of methoxy groups -OCH3 is 1. The number of aliphatic hydroxyl groups is 1. The maximum Gasteiger partial charge on any atom is 0.406 e. The molecule has 0 aliphatic carbocycles. The molecule has 1 amide bonds. The number of carbonyl (C=O) groups is 1. The topological polar surface area (TPSA) is 143 Å². The van der Waals surface area contributed by atoms with E-state index in [0.29, 0.717) is 38.3 Å². The number of nitrogens with one attached hydrogen (secondary N) is 2. The number of aliphatic hydroxyl groups excluding tert-OH is 1. The van der Waals surface area contributed by atoms with Gasteiger partial charge in [0.15, 0.2) is 15.6 Å². The van der Waals surface area contributed by atoms with E-state index >= 15 is 0 Å². The summed E-state index contributed by atoms with van der Waals surface area (Å²) in [6.45, 7) is 3.30. The lowest BCUT2D eigenvalue weighted by Gasteiger charge is -2.39. The fourth-order valence-electron chi connectivity index (χ4n) is 4.39. The molecule has 2 atom stereocenters. The van der Waals surface area contributed by atoms with E-state index < -0.39 is 39.2 Å². The summed E-state index contributed by atoms with van der Waals surface area (Å²) in [6.07, 6.45) is -0.958. The van der Waals surface area contributed by atoms with Crippen molar-refractivity contribution in [1.29, 1.82) is 0 Å². The summed E-state index contributed by atoms with van der Waals surface area (Å²) in [7, 11) is -2.49. The van der Waals surface area contributed by atoms with Crippen LogP contribution in [0.5, 0.6) is 5.75 Å². The van der Waals surface area contributed by atoms with Crippen molar-refractivity contribution in [2.75, 3.05) is 32.6 Å². The molecule has 1 aliphatic rings. The van der Waals surface area contributed by atoms with E-state index in [9.17, 15) is 23.4 Å². The van der Waals surface area contributed by atoms with Crippen LogP contribution in [-0.4, -0.2) is 74.9 Å². The molecule has 0 bridgehead atoms. The highest BCUT2D eigenvalue weighted by molar-refractivity contribution is 7.91. The molecule has 2 aromatic rings. The van der Waals surface area contributed by atoms with Crippen LogP contribution in [-0.2, 0) is 25.7 Å². The molecule has 2 aromatic carbocycles. The van der Waals surface area contributed by atoms with E-state index in [4.69, 9.17) is 14.2 Å². The lowest BCUT2D eigenvalue weighted by atomic mass is 9.94. The van der Waals surface area contributed by atoms with Crippen molar-refractivity contribution >= 4 is 15.9 Å². The molecule has 1 heterocycles. The van der Waals surface area contributed by atoms with Gasteiger partial charge in [-0.2, -0.15) is 0 Å². The largest absolute Gasteiger partial charge is 0.497 e. The Morgan fingerprint density at radius 2 is 1.76 bits per heavy atom. The van der Waals surface area contributed by atoms with Crippen LogP contribution in [0.1, 0.15) is 31.7 Å². The van der Waals surface area contributed by atoms with Crippen LogP contribution in [0, 0.1) is 0 Å². The Bertz CT molecular complexity index is 1110. The zero-order chi connectivity index (χ0) is 26.9. The number of carboxylic acid groups (broad SMARTS) is 1. The number of unbranched alkanes of at least 4 members (excludes halogenated alkanes) is 1. The number of benzene rings is 2. The predicted molar refractivity (Wildman–Crippen MR) is 137 cm³/mol. The molecule has 1 aliphatic heterocycles. The van der Waals surface area contributed by atoms with Crippen LogP contribution in [0.25, 0.3) is 0 Å². The molecular weight excluding hydrogens is 500 g/mol. The molecule has 3 rings (SSSR count). The summed E-state index contributed by atoms with van der Waals surface area (Å²) in [5.41, 5.74) is -0.929. The minimum atomic E-state index is -3.96. The molecule has 204 valence electrons. The van der Waals surface area contributed by atoms with E-state index in [1.165, 1.54) is 31.4 Å². The van der Waals surface area contributed by atoms with Gasteiger partial charge >= 0.3 is 6.09 Å². The van der Waals surface area contributed by atoms with Crippen molar-refractivity contribution in [3.63, 3.8) is 0 Å². The van der Waals surface area contributed by atoms with Crippen molar-refractivity contribution < 1.29 is 37.6 Å². The fourth-order valence-corrected chi connectivity index (χ4v) is 5.83. The Balaban J connectivity index is 1.79. The van der Waals surface area contributed by atoms with Gasteiger partial charge in [0.25, 0.3) is 0 Å². The Labute approximate surface area is 217 Å². The first kappa shape index (κ1) is 28.9. The van der Waals surface area contributed by atoms with Gasteiger partial charge in [-0.15, -0.1) is 0 Å². The zero-order valence-electron chi connectivity index (χ0n) is 21.2. The van der Waals surface area contributed by atoms with Crippen LogP contribution < -0.4 is 15.4 Å². The number of hydrogen-bond acceptors (Lipinski definition) is 8. The maximum atomic E-state index is 13.2. The molecule has 37 heavy (non-hydrogen) atoms. The second-order valence-electron chi connectivity index (χ2n) is 9.25. The van der Waals surface area contributed by atoms with Gasteiger partial charge in [0.2, 0.25) is 0 Å². The molecule has 1 fully saturated rings. The quantitative estimate of drug-likeness (QED) is 0.212. The predicted octanol–water partition coefficient (Wildman–Crippen LogP) is 2.56. The van der Waals surface area contributed by atoms with Crippen molar-refractivity contribution in [2.45, 2.75) is 55.1 Å². The summed E-state index contributed by atoms with van der Waals surface area (Å²) in [5.74, 6) is -0.833. The summed E-state index contributed by atoms with van der Waals surface area (Å²) >= 11 is 0. The van der Waals surface area contributed by atoms with E-state index in [1.54, 1.807) is 24.3 Å². The Hall–Kier alpha value is -2.70. The molecule has 0 spiro atoms. The Morgan fingerprint density at radius 1 is 1.11 bits per heavy atom. The Kier molecular flexibility index (Phi) is 9.91. The van der Waals surface area contributed by atoms with E-state index in [2.05, 4.69) is 10.6 Å². The van der Waals surface area contributed by atoms with Gasteiger partial charge in [-0.25, -0.2) is 13.2 Å². The third kappa shape index (κ3) is 8.14. The summed E-state index contributed by atoms with van der Waals surface area (Å²) in [6, 6.07) is 14.8. The van der Waals surface area contributed by atoms with Crippen molar-refractivity contribution in [3.8, 4) is 5.75 Å². The molecule has 0 radical (unpaired) electrons. The molecule has 0 unspecified atom stereocenters. The highest BCUT2D eigenvalue weighted by Crippen LogP contribution is 2.25. The third-order valence-electron chi connectivity index (χ3n) is 6.42. The van der Waals surface area contributed by atoms with Crippen LogP contribution in [0.2, 0.25) is 0 Å². The van der Waals surface area contributed by atoms with Gasteiger partial charge in [0, 0.05) is 12.8 Å². The maximum absolute atomic E-state index is 13.2. The molecular formula is C26H36N2O8S. The van der Waals surface area contributed by atoms with E-state index in [0.717, 1.165) is 12.0 Å². The van der Waals surface area contributed by atoms with Crippen LogP contribution in [0.15, 0.2) is 59.5 Å². The standard InChI is InChI=1S/C26H36N2O8S/c1-25(35-16-17-36-25)14-6-7-15-27-26(28-24(30)31,18-20-8-4-3-5-9-20)23(29)19-37(32,33)22-12-10-21(34-2)11-13-22/h3-5,8-13,23,27-29H,6-7,14-19H2,1-2H3,(H,30,31)/t23-,26-/m0/s1. The van der Waals surface area contributed by atoms with Crippen molar-refractivity contribution in [1.82, 2.24) is 10.6 Å². The van der Waals surface area contributed by atoms with Crippen molar-refractivity contribution in [2.24, 2.45) is 0 Å². The first-order chi connectivity index (χ1) is 17.6. The SMILES string of the molecule is COc1ccc(S(=O)(=O)C[C@H](O)[C@@](Cc2ccccc2)(NCCCCC2(C)OCCO2)NC(=O)O)cc1. The average molecular weight is 537 g/mol. The third-order valence-corrected chi connectivity index (χ3v) is 8.16. The summed E-state index contributed by atoms with van der Waals surface area (Å²) < 4.78 is 42.6. The first-order valence-electron chi connectivity index (χ1n) is 12.2. The molecule has 10 nitrogen and oxygen atoms in total. The molecule has 0 saturated carbocycles. The number of amides is 1. The highest BCUT2D eigenvalue weighted by Gasteiger charge is 2.42. The van der Waals surface area contributed by atoms with Crippen LogP contribution >= 0.6 is 0 Å². The van der Waals surface area contributed by atoms with E-state index in [1.807, 2.05) is 13.0 Å². The molecule has 11 heteroatoms. The summed E-state index contributed by atoms with van der Waals surface area (Å²) in [4.78, 5) is 11.9. The monoisotopic (exact) mass is 536 g/mol. The van der Waals surface area contributed by atoms with Crippen LogP contribution in [0.3, 0.4) is 0 Å². The fraction of sp³-hybridized carbons (Fsp3) is 0.500. The van der Waals surface area contributed by atoms with Gasteiger partial charge < -0.3 is 29.7 Å². The number of rotatable bonds is 14. The van der Waals surface area contributed by atoms with Crippen molar-refractivity contribution in [3.05, 3.63) is 60.2 Å². The lowest BCUT2D eigenvalue weighted by Crippen LogP contribution is -2.68. The van der Waals surface area contributed by atoms with E-state index in [-0.39, 0.29) is 11.3 Å². The zero-order valence-corrected chi connectivity index (χ0v) is 22.0. The van der Waals surface area contributed by atoms with Gasteiger partial charge in [-0.3, -0.25) is 5.32 Å². The van der Waals surface area contributed by atoms with Crippen LogP contribution in [0.4, 0.5) is 4.79 Å². The molecule has 0 aromatic heterocycles. The van der Waals surface area contributed by atoms with Gasteiger partial charge in [0.1, 0.15) is 17.5 Å². The van der Waals surface area contributed by atoms with Gasteiger partial charge in [-0.05, 0) is 56.1 Å². The summed E-state index contributed by atoms with van der Waals surface area (Å²) in [5, 5.41) is 26.5. The molecule has 1 saturated heterocycles. The lowest BCUT2D eigenvalue weighted by molar-refractivity contribution is -0.147. The number of hydrogen-bond donors (Lipinski definition) is 4. The highest BCUT2D eigenvalue weighted by atomic mass is 32.2. The minimum Gasteiger partial charge on any atom is -0.497 e. The smallest absolute Gasteiger partial charge is 0.406 e. The second-order valence-corrected chi connectivity index (χ2v) is 11.3. The number of ether oxygens (including phenoxy) is 3. The first-order valence-corrected chi connectivity index (χ1v) is 13.9. The average Bonchev–Trinajstić information content (AvgIpc) is 3.30. The molecule has 4 N–H and O–H groups in total. The van der Waals surface area contributed by atoms with Gasteiger partial charge in [0.05, 0.1) is 31.0 Å².